The monoisotopic (exact) mass is 396 g/mol. The van der Waals surface area contributed by atoms with Gasteiger partial charge in [0.05, 0.1) is 20.5 Å². The molecule has 0 spiro atoms. The Hall–Kier alpha value is -3.61. The van der Waals surface area contributed by atoms with Crippen LogP contribution in [0.15, 0.2) is 71.2 Å². The van der Waals surface area contributed by atoms with Crippen molar-refractivity contribution in [1.82, 2.24) is 0 Å². The summed E-state index contributed by atoms with van der Waals surface area (Å²) in [7, 11) is 4.26. The molecular formula is C22H24N2O5. The van der Waals surface area contributed by atoms with Gasteiger partial charge in [-0.2, -0.15) is 0 Å². The van der Waals surface area contributed by atoms with E-state index >= 15 is 0 Å². The predicted molar refractivity (Wildman–Crippen MR) is 111 cm³/mol. The van der Waals surface area contributed by atoms with Crippen LogP contribution in [0.5, 0.6) is 0 Å². The van der Waals surface area contributed by atoms with Crippen LogP contribution in [0.1, 0.15) is 23.6 Å². The average molecular weight is 396 g/mol. The third-order valence-electron chi connectivity index (χ3n) is 3.94. The summed E-state index contributed by atoms with van der Waals surface area (Å²) in [6.45, 7) is 1.92. The number of oxime groups is 2. The third kappa shape index (κ3) is 5.93. The lowest BCUT2D eigenvalue weighted by Crippen LogP contribution is -2.13. The number of hydrogen-bond donors (Lipinski definition) is 0. The van der Waals surface area contributed by atoms with E-state index < -0.39 is 5.97 Å². The summed E-state index contributed by atoms with van der Waals surface area (Å²) < 4.78 is 9.86. The van der Waals surface area contributed by atoms with Gasteiger partial charge in [0.2, 0.25) is 0 Å². The summed E-state index contributed by atoms with van der Waals surface area (Å²) >= 11 is 0. The predicted octanol–water partition coefficient (Wildman–Crippen LogP) is 3.79. The smallest absolute Gasteiger partial charge is 0.341 e. The molecule has 0 atom stereocenters. The zero-order valence-corrected chi connectivity index (χ0v) is 16.9. The molecule has 0 fully saturated rings. The molecule has 0 N–H and O–H groups in total. The first-order chi connectivity index (χ1) is 14.1. The Bertz CT molecular complexity index is 904. The molecule has 0 unspecified atom stereocenters. The molecule has 0 radical (unpaired) electrons. The van der Waals surface area contributed by atoms with E-state index in [1.54, 1.807) is 13.0 Å². The Morgan fingerprint density at radius 1 is 0.966 bits per heavy atom. The van der Waals surface area contributed by atoms with Crippen molar-refractivity contribution in [3.8, 4) is 0 Å². The fraction of sp³-hybridized carbons (Fsp3) is 0.227. The molecule has 7 nitrogen and oxygen atoms in total. The summed E-state index contributed by atoms with van der Waals surface area (Å²) in [6.07, 6.45) is 1.35. The number of ether oxygens (including phenoxy) is 2. The Morgan fingerprint density at radius 3 is 2.31 bits per heavy atom. The zero-order valence-electron chi connectivity index (χ0n) is 16.9. The number of hydrogen-bond acceptors (Lipinski definition) is 7. The number of benzene rings is 2. The van der Waals surface area contributed by atoms with Crippen LogP contribution in [0, 0.1) is 0 Å². The molecule has 0 saturated carbocycles. The minimum atomic E-state index is -0.502. The zero-order chi connectivity index (χ0) is 21.1. The molecule has 0 bridgehead atoms. The summed E-state index contributed by atoms with van der Waals surface area (Å²) in [5, 5.41) is 8.21. The van der Waals surface area contributed by atoms with E-state index in [-0.39, 0.29) is 6.61 Å². The van der Waals surface area contributed by atoms with Crippen LogP contribution >= 0.6 is 0 Å². The molecule has 0 aromatic heterocycles. The summed E-state index contributed by atoms with van der Waals surface area (Å²) in [4.78, 5) is 22.6. The molecule has 2 rings (SSSR count). The van der Waals surface area contributed by atoms with Gasteiger partial charge >= 0.3 is 5.97 Å². The van der Waals surface area contributed by atoms with Crippen LogP contribution < -0.4 is 0 Å². The van der Waals surface area contributed by atoms with Gasteiger partial charge in [0.1, 0.15) is 30.7 Å². The third-order valence-corrected chi connectivity index (χ3v) is 3.94. The second-order valence-corrected chi connectivity index (χ2v) is 5.85. The van der Waals surface area contributed by atoms with Crippen LogP contribution in [-0.4, -0.2) is 38.7 Å². The molecule has 0 saturated heterocycles. The van der Waals surface area contributed by atoms with Crippen molar-refractivity contribution in [2.45, 2.75) is 13.5 Å². The molecule has 0 amide bonds. The maximum atomic E-state index is 12.1. The second kappa shape index (κ2) is 11.3. The Labute approximate surface area is 170 Å². The van der Waals surface area contributed by atoms with Crippen molar-refractivity contribution >= 4 is 23.0 Å². The molecule has 7 heteroatoms. The van der Waals surface area contributed by atoms with Crippen molar-refractivity contribution in [3.63, 3.8) is 0 Å². The minimum absolute atomic E-state index is 0.139. The molecule has 0 aliphatic rings. The molecule has 2 aromatic carbocycles. The van der Waals surface area contributed by atoms with E-state index in [0.29, 0.717) is 22.6 Å². The Balaban J connectivity index is 2.23. The molecule has 152 valence electrons. The summed E-state index contributed by atoms with van der Waals surface area (Å²) in [6, 6.07) is 16.8. The molecule has 0 aliphatic carbocycles. The first kappa shape index (κ1) is 21.7. The van der Waals surface area contributed by atoms with Crippen molar-refractivity contribution in [3.05, 3.63) is 77.5 Å². The van der Waals surface area contributed by atoms with Gasteiger partial charge in [0, 0.05) is 11.1 Å². The Kier molecular flexibility index (Phi) is 8.44. The van der Waals surface area contributed by atoms with Crippen LogP contribution in [0.25, 0.3) is 5.57 Å². The lowest BCUT2D eigenvalue weighted by Gasteiger charge is -2.11. The lowest BCUT2D eigenvalue weighted by atomic mass is 10.0. The van der Waals surface area contributed by atoms with E-state index in [1.807, 2.05) is 48.5 Å². The van der Waals surface area contributed by atoms with E-state index in [9.17, 15) is 4.79 Å². The topological polar surface area (TPSA) is 78.7 Å². The number of carbonyl (C=O) groups excluding carboxylic acids is 1. The molecule has 0 aliphatic heterocycles. The van der Waals surface area contributed by atoms with Crippen molar-refractivity contribution in [2.24, 2.45) is 10.3 Å². The number of rotatable bonds is 9. The largest absolute Gasteiger partial charge is 0.503 e. The van der Waals surface area contributed by atoms with E-state index in [2.05, 4.69) is 10.3 Å². The van der Waals surface area contributed by atoms with Crippen LogP contribution in [0.4, 0.5) is 0 Å². The van der Waals surface area contributed by atoms with Gasteiger partial charge in [0.25, 0.3) is 0 Å². The van der Waals surface area contributed by atoms with E-state index in [0.717, 1.165) is 11.1 Å². The van der Waals surface area contributed by atoms with Crippen LogP contribution in [0.3, 0.4) is 0 Å². The van der Waals surface area contributed by atoms with Gasteiger partial charge in [-0.15, -0.1) is 0 Å². The molecule has 29 heavy (non-hydrogen) atoms. The maximum Gasteiger partial charge on any atom is 0.341 e. The van der Waals surface area contributed by atoms with Gasteiger partial charge in [-0.3, -0.25) is 0 Å². The fourth-order valence-electron chi connectivity index (χ4n) is 2.62. The number of esters is 1. The maximum absolute atomic E-state index is 12.1. The quantitative estimate of drug-likeness (QED) is 0.212. The van der Waals surface area contributed by atoms with Crippen molar-refractivity contribution < 1.29 is 23.9 Å². The van der Waals surface area contributed by atoms with Gasteiger partial charge in [-0.1, -0.05) is 64.9 Å². The summed E-state index contributed by atoms with van der Waals surface area (Å²) in [5.41, 5.74) is 3.66. The Morgan fingerprint density at radius 2 is 1.66 bits per heavy atom. The fourth-order valence-corrected chi connectivity index (χ4v) is 2.62. The number of methoxy groups -OCH3 is 2. The minimum Gasteiger partial charge on any atom is -0.503 e. The van der Waals surface area contributed by atoms with E-state index in [1.165, 1.54) is 27.6 Å². The van der Waals surface area contributed by atoms with Crippen LogP contribution in [-0.2, 0) is 30.6 Å². The van der Waals surface area contributed by atoms with Gasteiger partial charge in [-0.05, 0) is 12.5 Å². The first-order valence-electron chi connectivity index (χ1n) is 8.85. The lowest BCUT2D eigenvalue weighted by molar-refractivity contribution is -0.133. The normalized spacial score (nSPS) is 12.3. The van der Waals surface area contributed by atoms with Gasteiger partial charge < -0.3 is 19.1 Å². The van der Waals surface area contributed by atoms with Crippen molar-refractivity contribution in [2.75, 3.05) is 21.3 Å². The SMILES string of the molecule is CO/C=C(/C(=O)OC)c1ccccc1CO/N=C(/C)C(=NOC)c1ccccc1. The molecule has 0 heterocycles. The summed E-state index contributed by atoms with van der Waals surface area (Å²) in [5.74, 6) is -0.502. The highest BCUT2D eigenvalue weighted by molar-refractivity contribution is 6.47. The average Bonchev–Trinajstić information content (AvgIpc) is 2.76. The molecule has 2 aromatic rings. The van der Waals surface area contributed by atoms with Gasteiger partial charge in [-0.25, -0.2) is 4.79 Å². The van der Waals surface area contributed by atoms with E-state index in [4.69, 9.17) is 19.1 Å². The number of carbonyl (C=O) groups is 1. The molecular weight excluding hydrogens is 372 g/mol. The standard InChI is InChI=1S/C22H24N2O5/c1-16(21(24-28-4)17-10-6-5-7-11-17)23-29-14-18-12-8-9-13-19(18)20(15-26-2)22(25)27-3/h5-13,15H,14H2,1-4H3/b20-15+,23-16-,24-21?. The second-order valence-electron chi connectivity index (χ2n) is 5.85. The highest BCUT2D eigenvalue weighted by Gasteiger charge is 2.17. The van der Waals surface area contributed by atoms with Crippen LogP contribution in [0.2, 0.25) is 0 Å². The highest BCUT2D eigenvalue weighted by atomic mass is 16.6. The van der Waals surface area contributed by atoms with Gasteiger partial charge in [0.15, 0.2) is 0 Å². The highest BCUT2D eigenvalue weighted by Crippen LogP contribution is 2.21. The van der Waals surface area contributed by atoms with Crippen molar-refractivity contribution in [1.29, 1.82) is 0 Å². The number of nitrogens with zero attached hydrogens (tertiary/aromatic N) is 2. The first-order valence-corrected chi connectivity index (χ1v) is 8.85.